The fraction of sp³-hybridized carbons (Fsp3) is 0.647. The molecule has 1 heterocycles. The quantitative estimate of drug-likeness (QED) is 0.917. The first-order chi connectivity index (χ1) is 9.73. The minimum Gasteiger partial charge on any atom is -0.390 e. The van der Waals surface area contributed by atoms with Gasteiger partial charge in [-0.05, 0) is 36.0 Å². The molecular formula is C17H24O3. The maximum absolute atomic E-state index is 10.6. The molecule has 1 aliphatic heterocycles. The SMILES string of the molecule is COC1(C(O)Cc2ccc3c(c2)CCC3)CCOCC1. The Morgan fingerprint density at radius 1 is 1.25 bits per heavy atom. The highest BCUT2D eigenvalue weighted by Gasteiger charge is 2.39. The number of ether oxygens (including phenoxy) is 2. The van der Waals surface area contributed by atoms with Crippen LogP contribution in [0.1, 0.15) is 36.0 Å². The Balaban J connectivity index is 1.73. The van der Waals surface area contributed by atoms with Crippen molar-refractivity contribution >= 4 is 0 Å². The number of methoxy groups -OCH3 is 1. The summed E-state index contributed by atoms with van der Waals surface area (Å²) in [5, 5.41) is 10.6. The molecule has 3 rings (SSSR count). The number of hydrogen-bond acceptors (Lipinski definition) is 3. The van der Waals surface area contributed by atoms with E-state index in [1.165, 1.54) is 36.0 Å². The number of hydrogen-bond donors (Lipinski definition) is 1. The molecule has 0 saturated carbocycles. The highest BCUT2D eigenvalue weighted by atomic mass is 16.5. The Kier molecular flexibility index (Phi) is 4.11. The lowest BCUT2D eigenvalue weighted by Gasteiger charge is -2.39. The van der Waals surface area contributed by atoms with Gasteiger partial charge in [0.1, 0.15) is 0 Å². The minimum atomic E-state index is -0.462. The molecule has 110 valence electrons. The molecule has 0 aromatic heterocycles. The summed E-state index contributed by atoms with van der Waals surface area (Å²) in [6.07, 6.45) is 5.41. The van der Waals surface area contributed by atoms with E-state index in [0.29, 0.717) is 19.6 Å². The monoisotopic (exact) mass is 276 g/mol. The first-order valence-corrected chi connectivity index (χ1v) is 7.65. The molecule has 0 radical (unpaired) electrons. The van der Waals surface area contributed by atoms with Crippen LogP contribution in [-0.4, -0.2) is 37.1 Å². The van der Waals surface area contributed by atoms with E-state index in [1.807, 2.05) is 0 Å². The maximum Gasteiger partial charge on any atom is 0.0983 e. The minimum absolute atomic E-state index is 0.433. The summed E-state index contributed by atoms with van der Waals surface area (Å²) < 4.78 is 11.1. The van der Waals surface area contributed by atoms with Gasteiger partial charge in [0.2, 0.25) is 0 Å². The third-order valence-corrected chi connectivity index (χ3v) is 4.94. The maximum atomic E-state index is 10.6. The van der Waals surface area contributed by atoms with Crippen molar-refractivity contribution < 1.29 is 14.6 Å². The zero-order valence-electron chi connectivity index (χ0n) is 12.2. The Morgan fingerprint density at radius 3 is 2.75 bits per heavy atom. The largest absolute Gasteiger partial charge is 0.390 e. The third-order valence-electron chi connectivity index (χ3n) is 4.94. The molecule has 1 aromatic carbocycles. The first kappa shape index (κ1) is 14.1. The van der Waals surface area contributed by atoms with Gasteiger partial charge >= 0.3 is 0 Å². The molecule has 1 saturated heterocycles. The fourth-order valence-electron chi connectivity index (χ4n) is 3.55. The Morgan fingerprint density at radius 2 is 2.00 bits per heavy atom. The number of benzene rings is 1. The van der Waals surface area contributed by atoms with Crippen molar-refractivity contribution in [3.05, 3.63) is 34.9 Å². The van der Waals surface area contributed by atoms with Gasteiger partial charge in [-0.3, -0.25) is 0 Å². The van der Waals surface area contributed by atoms with Crippen LogP contribution in [0.25, 0.3) is 0 Å². The number of aryl methyl sites for hydroxylation is 2. The predicted molar refractivity (Wildman–Crippen MR) is 78.0 cm³/mol. The molecule has 0 bridgehead atoms. The number of aliphatic hydroxyl groups excluding tert-OH is 1. The lowest BCUT2D eigenvalue weighted by molar-refractivity contribution is -0.151. The van der Waals surface area contributed by atoms with E-state index < -0.39 is 11.7 Å². The molecule has 1 N–H and O–H groups in total. The standard InChI is InChI=1S/C17H24O3/c1-19-17(7-9-20-10-8-17)16(18)12-13-5-6-14-3-2-4-15(14)11-13/h5-6,11,16,18H,2-4,7-10,12H2,1H3. The van der Waals surface area contributed by atoms with Gasteiger partial charge in [0.15, 0.2) is 0 Å². The number of aliphatic hydroxyl groups is 1. The summed E-state index contributed by atoms with van der Waals surface area (Å²) >= 11 is 0. The summed E-state index contributed by atoms with van der Waals surface area (Å²) in [4.78, 5) is 0. The third kappa shape index (κ3) is 2.62. The lowest BCUT2D eigenvalue weighted by Crippen LogP contribution is -2.49. The highest BCUT2D eigenvalue weighted by molar-refractivity contribution is 5.35. The summed E-state index contributed by atoms with van der Waals surface area (Å²) in [5.41, 5.74) is 3.74. The summed E-state index contributed by atoms with van der Waals surface area (Å²) in [6.45, 7) is 1.35. The Hall–Kier alpha value is -0.900. The van der Waals surface area contributed by atoms with Crippen molar-refractivity contribution in [1.29, 1.82) is 0 Å². The molecule has 20 heavy (non-hydrogen) atoms. The van der Waals surface area contributed by atoms with Gasteiger partial charge in [-0.1, -0.05) is 18.2 Å². The van der Waals surface area contributed by atoms with Crippen LogP contribution >= 0.6 is 0 Å². The Bertz CT molecular complexity index is 463. The summed E-state index contributed by atoms with van der Waals surface area (Å²) in [7, 11) is 1.71. The summed E-state index contributed by atoms with van der Waals surface area (Å²) in [6, 6.07) is 6.66. The molecule has 3 nitrogen and oxygen atoms in total. The van der Waals surface area contributed by atoms with E-state index in [9.17, 15) is 5.11 Å². The van der Waals surface area contributed by atoms with Crippen LogP contribution in [0.5, 0.6) is 0 Å². The fourth-order valence-corrected chi connectivity index (χ4v) is 3.55. The van der Waals surface area contributed by atoms with Gasteiger partial charge in [0.25, 0.3) is 0 Å². The van der Waals surface area contributed by atoms with Crippen molar-refractivity contribution in [3.8, 4) is 0 Å². The normalized spacial score (nSPS) is 22.5. The van der Waals surface area contributed by atoms with Crippen LogP contribution in [0.15, 0.2) is 18.2 Å². The molecule has 2 aliphatic rings. The first-order valence-electron chi connectivity index (χ1n) is 7.65. The number of fused-ring (bicyclic) bond motifs is 1. The topological polar surface area (TPSA) is 38.7 Å². The van der Waals surface area contributed by atoms with Crippen LogP contribution in [0, 0.1) is 0 Å². The van der Waals surface area contributed by atoms with Gasteiger partial charge < -0.3 is 14.6 Å². The molecular weight excluding hydrogens is 252 g/mol. The lowest BCUT2D eigenvalue weighted by atomic mass is 9.84. The second-order valence-corrected chi connectivity index (χ2v) is 6.06. The van der Waals surface area contributed by atoms with E-state index in [0.717, 1.165) is 12.8 Å². The van der Waals surface area contributed by atoms with Gasteiger partial charge in [0, 0.05) is 39.6 Å². The molecule has 0 amide bonds. The van der Waals surface area contributed by atoms with Gasteiger partial charge in [-0.15, -0.1) is 0 Å². The van der Waals surface area contributed by atoms with Gasteiger partial charge in [0.05, 0.1) is 11.7 Å². The van der Waals surface area contributed by atoms with Crippen LogP contribution in [0.4, 0.5) is 0 Å². The summed E-state index contributed by atoms with van der Waals surface area (Å²) in [5.74, 6) is 0. The van der Waals surface area contributed by atoms with E-state index in [4.69, 9.17) is 9.47 Å². The van der Waals surface area contributed by atoms with E-state index in [1.54, 1.807) is 7.11 Å². The smallest absolute Gasteiger partial charge is 0.0983 e. The van der Waals surface area contributed by atoms with Crippen LogP contribution in [-0.2, 0) is 28.7 Å². The average Bonchev–Trinajstić information content (AvgIpc) is 2.95. The second kappa shape index (κ2) is 5.84. The highest BCUT2D eigenvalue weighted by Crippen LogP contribution is 2.31. The van der Waals surface area contributed by atoms with E-state index in [2.05, 4.69) is 18.2 Å². The molecule has 0 spiro atoms. The van der Waals surface area contributed by atoms with Crippen molar-refractivity contribution in [1.82, 2.24) is 0 Å². The Labute approximate surface area is 120 Å². The molecule has 1 unspecified atom stereocenters. The molecule has 1 aromatic rings. The van der Waals surface area contributed by atoms with Crippen molar-refractivity contribution in [2.24, 2.45) is 0 Å². The number of rotatable bonds is 4. The van der Waals surface area contributed by atoms with Crippen LogP contribution < -0.4 is 0 Å². The molecule has 1 fully saturated rings. The van der Waals surface area contributed by atoms with Crippen LogP contribution in [0.2, 0.25) is 0 Å². The van der Waals surface area contributed by atoms with E-state index >= 15 is 0 Å². The van der Waals surface area contributed by atoms with Crippen molar-refractivity contribution in [2.75, 3.05) is 20.3 Å². The molecule has 1 atom stereocenters. The van der Waals surface area contributed by atoms with Crippen molar-refractivity contribution in [3.63, 3.8) is 0 Å². The van der Waals surface area contributed by atoms with E-state index in [-0.39, 0.29) is 0 Å². The van der Waals surface area contributed by atoms with Gasteiger partial charge in [-0.2, -0.15) is 0 Å². The molecule has 3 heteroatoms. The zero-order chi connectivity index (χ0) is 14.0. The average molecular weight is 276 g/mol. The van der Waals surface area contributed by atoms with Crippen LogP contribution in [0.3, 0.4) is 0 Å². The predicted octanol–water partition coefficient (Wildman–Crippen LogP) is 2.27. The van der Waals surface area contributed by atoms with Crippen molar-refractivity contribution in [2.45, 2.75) is 50.2 Å². The van der Waals surface area contributed by atoms with Gasteiger partial charge in [-0.25, -0.2) is 0 Å². The zero-order valence-corrected chi connectivity index (χ0v) is 12.2. The second-order valence-electron chi connectivity index (χ2n) is 6.06. The molecule has 1 aliphatic carbocycles.